The molecule has 1 fully saturated rings. The van der Waals surface area contributed by atoms with Crippen molar-refractivity contribution in [2.45, 2.75) is 38.6 Å². The highest BCUT2D eigenvalue weighted by atomic mass is 32.1. The van der Waals surface area contributed by atoms with Gasteiger partial charge in [-0.1, -0.05) is 35.6 Å². The van der Waals surface area contributed by atoms with E-state index in [0.717, 1.165) is 66.5 Å². The third kappa shape index (κ3) is 4.75. The Labute approximate surface area is 188 Å². The van der Waals surface area contributed by atoms with Crippen molar-refractivity contribution in [3.05, 3.63) is 59.2 Å². The van der Waals surface area contributed by atoms with Crippen molar-refractivity contribution < 1.29 is 4.79 Å². The summed E-state index contributed by atoms with van der Waals surface area (Å²) < 4.78 is 1.10. The monoisotopic (exact) mass is 434 g/mol. The van der Waals surface area contributed by atoms with Crippen LogP contribution in [0, 0.1) is 0 Å². The Kier molecular flexibility index (Phi) is 6.18. The van der Waals surface area contributed by atoms with Crippen molar-refractivity contribution in [3.63, 3.8) is 0 Å². The molecule has 5 nitrogen and oxygen atoms in total. The SMILES string of the molecule is O=C(NCCCN1CCc2ccccc2C1)c1ccc2nc(N3CCCCC3)sc2c1. The van der Waals surface area contributed by atoms with Crippen LogP contribution in [0.4, 0.5) is 5.13 Å². The number of carbonyl (C=O) groups is 1. The summed E-state index contributed by atoms with van der Waals surface area (Å²) in [5, 5.41) is 4.19. The molecular formula is C25H30N4OS. The summed E-state index contributed by atoms with van der Waals surface area (Å²) in [6.07, 6.45) is 5.89. The molecule has 0 bridgehead atoms. The number of amides is 1. The standard InChI is InChI=1S/C25H30N4OS/c30-24(26-12-6-13-28-16-11-19-7-2-3-8-21(19)18-28)20-9-10-22-23(17-20)31-25(27-22)29-14-4-1-5-15-29/h2-3,7-10,17H,1,4-6,11-16,18H2,(H,26,30). The minimum atomic E-state index is 0.0128. The third-order valence-corrected chi connectivity index (χ3v) is 7.49. The van der Waals surface area contributed by atoms with Crippen LogP contribution in [-0.4, -0.2) is 48.5 Å². The number of aromatic nitrogens is 1. The molecular weight excluding hydrogens is 404 g/mol. The first kappa shape index (κ1) is 20.5. The molecule has 31 heavy (non-hydrogen) atoms. The van der Waals surface area contributed by atoms with Crippen LogP contribution in [0.25, 0.3) is 10.2 Å². The molecule has 0 unspecified atom stereocenters. The van der Waals surface area contributed by atoms with Crippen LogP contribution in [0.1, 0.15) is 47.2 Å². The molecule has 3 heterocycles. The van der Waals surface area contributed by atoms with Gasteiger partial charge in [-0.2, -0.15) is 0 Å². The van der Waals surface area contributed by atoms with E-state index in [1.807, 2.05) is 18.2 Å². The maximum atomic E-state index is 12.7. The van der Waals surface area contributed by atoms with E-state index in [4.69, 9.17) is 4.98 Å². The van der Waals surface area contributed by atoms with Crippen LogP contribution >= 0.6 is 11.3 Å². The molecule has 5 rings (SSSR count). The number of benzene rings is 2. The van der Waals surface area contributed by atoms with E-state index in [0.29, 0.717) is 6.54 Å². The number of hydrogen-bond donors (Lipinski definition) is 1. The van der Waals surface area contributed by atoms with E-state index in [1.165, 1.54) is 30.4 Å². The minimum absolute atomic E-state index is 0.0128. The lowest BCUT2D eigenvalue weighted by molar-refractivity contribution is 0.0951. The molecule has 2 aromatic carbocycles. The Bertz CT molecular complexity index is 1060. The second-order valence-corrected chi connectivity index (χ2v) is 9.64. The zero-order valence-corrected chi connectivity index (χ0v) is 18.8. The summed E-state index contributed by atoms with van der Waals surface area (Å²) in [7, 11) is 0. The smallest absolute Gasteiger partial charge is 0.251 e. The number of thiazole rings is 1. The van der Waals surface area contributed by atoms with E-state index < -0.39 is 0 Å². The largest absolute Gasteiger partial charge is 0.352 e. The van der Waals surface area contributed by atoms with Gasteiger partial charge in [-0.3, -0.25) is 9.69 Å². The molecule has 0 atom stereocenters. The van der Waals surface area contributed by atoms with Crippen LogP contribution < -0.4 is 10.2 Å². The number of carbonyl (C=O) groups excluding carboxylic acids is 1. The minimum Gasteiger partial charge on any atom is -0.352 e. The van der Waals surface area contributed by atoms with E-state index >= 15 is 0 Å². The molecule has 162 valence electrons. The number of piperidine rings is 1. The third-order valence-electron chi connectivity index (χ3n) is 6.41. The summed E-state index contributed by atoms with van der Waals surface area (Å²) in [4.78, 5) is 22.3. The molecule has 3 aromatic rings. The van der Waals surface area contributed by atoms with E-state index in [1.54, 1.807) is 11.3 Å². The zero-order valence-electron chi connectivity index (χ0n) is 18.0. The molecule has 1 saturated heterocycles. The van der Waals surface area contributed by atoms with Gasteiger partial charge >= 0.3 is 0 Å². The number of anilines is 1. The Hall–Kier alpha value is -2.44. The Balaban J connectivity index is 1.13. The predicted molar refractivity (Wildman–Crippen MR) is 128 cm³/mol. The molecule has 0 saturated carbocycles. The van der Waals surface area contributed by atoms with Crippen molar-refractivity contribution in [2.75, 3.05) is 37.6 Å². The molecule has 6 heteroatoms. The summed E-state index contributed by atoms with van der Waals surface area (Å²) in [6.45, 7) is 6.03. The van der Waals surface area contributed by atoms with Gasteiger partial charge in [0.25, 0.3) is 5.91 Å². The second kappa shape index (κ2) is 9.37. The fourth-order valence-corrected chi connectivity index (χ4v) is 5.68. The summed E-state index contributed by atoms with van der Waals surface area (Å²) in [6, 6.07) is 14.6. The number of rotatable bonds is 6. The Morgan fingerprint density at radius 2 is 1.87 bits per heavy atom. The number of hydrogen-bond acceptors (Lipinski definition) is 5. The Morgan fingerprint density at radius 3 is 2.74 bits per heavy atom. The topological polar surface area (TPSA) is 48.5 Å². The summed E-state index contributed by atoms with van der Waals surface area (Å²) in [5.41, 5.74) is 4.65. The number of nitrogens with zero attached hydrogens (tertiary/aromatic N) is 3. The molecule has 0 spiro atoms. The van der Waals surface area contributed by atoms with E-state index in [2.05, 4.69) is 39.4 Å². The van der Waals surface area contributed by atoms with E-state index in [9.17, 15) is 4.79 Å². The maximum absolute atomic E-state index is 12.7. The van der Waals surface area contributed by atoms with Gasteiger partial charge in [0.1, 0.15) is 0 Å². The van der Waals surface area contributed by atoms with Gasteiger partial charge in [-0.25, -0.2) is 4.98 Å². The first-order chi connectivity index (χ1) is 15.3. The average molecular weight is 435 g/mol. The van der Waals surface area contributed by atoms with Gasteiger partial charge in [0.05, 0.1) is 10.2 Å². The Morgan fingerprint density at radius 1 is 1.03 bits per heavy atom. The molecule has 1 N–H and O–H groups in total. The van der Waals surface area contributed by atoms with Crippen LogP contribution in [0.3, 0.4) is 0 Å². The predicted octanol–water partition coefficient (Wildman–Crippen LogP) is 4.46. The lowest BCUT2D eigenvalue weighted by atomic mass is 10.00. The van der Waals surface area contributed by atoms with Crippen molar-refractivity contribution in [1.82, 2.24) is 15.2 Å². The summed E-state index contributed by atoms with van der Waals surface area (Å²) in [5.74, 6) is 0.0128. The fourth-order valence-electron chi connectivity index (χ4n) is 4.63. The van der Waals surface area contributed by atoms with Gasteiger partial charge in [0, 0.05) is 44.8 Å². The van der Waals surface area contributed by atoms with Crippen LogP contribution in [0.5, 0.6) is 0 Å². The van der Waals surface area contributed by atoms with Gasteiger partial charge in [-0.05, 0) is 61.4 Å². The zero-order chi connectivity index (χ0) is 21.0. The second-order valence-electron chi connectivity index (χ2n) is 8.63. The molecule has 2 aliphatic rings. The quantitative estimate of drug-likeness (QED) is 0.582. The summed E-state index contributed by atoms with van der Waals surface area (Å²) >= 11 is 1.71. The van der Waals surface area contributed by atoms with Crippen molar-refractivity contribution in [2.24, 2.45) is 0 Å². The average Bonchev–Trinajstić information content (AvgIpc) is 3.26. The number of nitrogens with one attached hydrogen (secondary N) is 1. The van der Waals surface area contributed by atoms with E-state index in [-0.39, 0.29) is 5.91 Å². The lowest BCUT2D eigenvalue weighted by Crippen LogP contribution is -2.33. The first-order valence-corrected chi connectivity index (χ1v) is 12.3. The van der Waals surface area contributed by atoms with Crippen LogP contribution in [-0.2, 0) is 13.0 Å². The van der Waals surface area contributed by atoms with Gasteiger partial charge in [-0.15, -0.1) is 0 Å². The maximum Gasteiger partial charge on any atom is 0.251 e. The highest BCUT2D eigenvalue weighted by Crippen LogP contribution is 2.31. The first-order valence-electron chi connectivity index (χ1n) is 11.5. The van der Waals surface area contributed by atoms with Gasteiger partial charge in [0.15, 0.2) is 5.13 Å². The van der Waals surface area contributed by atoms with Crippen LogP contribution in [0.2, 0.25) is 0 Å². The van der Waals surface area contributed by atoms with Gasteiger partial charge in [0.2, 0.25) is 0 Å². The van der Waals surface area contributed by atoms with Crippen molar-refractivity contribution in [1.29, 1.82) is 0 Å². The number of fused-ring (bicyclic) bond motifs is 2. The lowest BCUT2D eigenvalue weighted by Gasteiger charge is -2.28. The van der Waals surface area contributed by atoms with Crippen molar-refractivity contribution >= 4 is 32.6 Å². The van der Waals surface area contributed by atoms with Gasteiger partial charge < -0.3 is 10.2 Å². The highest BCUT2D eigenvalue weighted by Gasteiger charge is 2.17. The molecule has 2 aliphatic heterocycles. The normalized spacial score (nSPS) is 17.0. The molecule has 1 amide bonds. The molecule has 1 aromatic heterocycles. The van der Waals surface area contributed by atoms with Crippen molar-refractivity contribution in [3.8, 4) is 0 Å². The van der Waals surface area contributed by atoms with Crippen LogP contribution in [0.15, 0.2) is 42.5 Å². The molecule has 0 radical (unpaired) electrons. The molecule has 0 aliphatic carbocycles. The fraction of sp³-hybridized carbons (Fsp3) is 0.440. The highest BCUT2D eigenvalue weighted by molar-refractivity contribution is 7.22.